The largest absolute Gasteiger partial charge is 0.357 e. The second kappa shape index (κ2) is 39.0. The fraction of sp³-hybridized carbons (Fsp3) is 0.520. The average Bonchev–Trinajstić information content (AvgIpc) is 3.39. The van der Waals surface area contributed by atoms with Gasteiger partial charge >= 0.3 is 74.3 Å². The van der Waals surface area contributed by atoms with Gasteiger partial charge in [-0.15, -0.1) is 0 Å². The molecule has 24 heteroatoms. The Kier molecular flexibility index (Phi) is 36.7. The molecule has 0 aliphatic heterocycles. The second-order valence-corrected chi connectivity index (χ2v) is 29.5. The molecule has 0 aliphatic rings. The van der Waals surface area contributed by atoms with E-state index in [0.29, 0.717) is 38.5 Å². The van der Waals surface area contributed by atoms with E-state index in [1.54, 1.807) is 0 Å². The lowest BCUT2D eigenvalue weighted by atomic mass is 9.97. The Morgan fingerprint density at radius 1 is 0.446 bits per heavy atom. The molecule has 4 rings (SSSR count). The maximum atomic E-state index is 12.9. The van der Waals surface area contributed by atoms with Gasteiger partial charge < -0.3 is 0 Å². The summed E-state index contributed by atoms with van der Waals surface area (Å²) < 4.78 is 165. The molecule has 0 spiro atoms. The summed E-state index contributed by atoms with van der Waals surface area (Å²) in [5, 5.41) is 0. The Bertz CT molecular complexity index is 2380. The molecule has 4 atom stereocenters. The lowest BCUT2D eigenvalue weighted by molar-refractivity contribution is -0.597. The van der Waals surface area contributed by atoms with Gasteiger partial charge in [0.05, 0.1) is 0 Å². The minimum Gasteiger partial charge on any atom is -0.211 e. The van der Waals surface area contributed by atoms with E-state index in [-0.39, 0.29) is 80.4 Å². The zero-order chi connectivity index (χ0) is 55.5. The molecule has 4 aromatic rings. The third-order valence-electron chi connectivity index (χ3n) is 10.6. The summed E-state index contributed by atoms with van der Waals surface area (Å²) in [5.74, 6) is -7.73. The molecule has 74 heavy (non-hydrogen) atoms. The summed E-state index contributed by atoms with van der Waals surface area (Å²) in [7, 11) is -19.9. The van der Waals surface area contributed by atoms with E-state index in [4.69, 9.17) is 0 Å². The van der Waals surface area contributed by atoms with Gasteiger partial charge in [0, 0.05) is 26.2 Å². The molecule has 0 saturated carbocycles. The van der Waals surface area contributed by atoms with E-state index in [1.807, 2.05) is 41.5 Å². The number of hydrogen-bond donors (Lipinski definition) is 0. The van der Waals surface area contributed by atoms with Crippen LogP contribution in [0.25, 0.3) is 0 Å². The molecule has 0 aromatic heterocycles. The van der Waals surface area contributed by atoms with Crippen molar-refractivity contribution < 1.29 is 103 Å². The average molecular weight is 1360 g/mol. The van der Waals surface area contributed by atoms with Crippen LogP contribution in [0.1, 0.15) is 119 Å². The minimum atomic E-state index is -5.27. The Morgan fingerprint density at radius 2 is 0.716 bits per heavy atom. The first-order chi connectivity index (χ1) is 35.2. The molecule has 4 unspecified atom stereocenters. The van der Waals surface area contributed by atoms with Gasteiger partial charge in [0.2, 0.25) is 0 Å². The number of halogens is 8. The second-order valence-electron chi connectivity index (χ2n) is 16.4. The van der Waals surface area contributed by atoms with Crippen LogP contribution >= 0.6 is 0 Å². The molecule has 4 aromatic carbocycles. The molecule has 12 nitrogen and oxygen atoms in total. The van der Waals surface area contributed by atoms with Crippen molar-refractivity contribution in [3.05, 3.63) is 136 Å². The molecule has 0 heterocycles. The lowest BCUT2D eigenvalue weighted by Crippen LogP contribution is -3.61. The molecule has 0 N–H and O–H groups in total. The molecule has 0 radical (unpaired) electrons. The molecule has 0 amide bonds. The standard InChI is InChI=1S/C17H35F3N2O4S2.2C12H10I.C9H19F3N2O4S2/c1-5-9-11-15(7-3)13-22(14-16(8-4)12-10-6-2)28(24,25)21-27(23,26-20)17(18)19;2*1-3-7-11(8-4-1)13-12-9-5-2-6-10-12;1-3-5-7-14(8-6-4-2)20(16,17)13-19(15,18-12)9(10)11/h15-17H,5-14H2,1-4H3;2*1-10H;9H,3-8H2,1-2H3/q;2*+1;. The van der Waals surface area contributed by atoms with Gasteiger partial charge in [-0.05, 0) is 95.1 Å². The molecule has 0 aliphatic carbocycles. The Balaban J connectivity index is 0.000000517. The maximum absolute atomic E-state index is 12.9. The summed E-state index contributed by atoms with van der Waals surface area (Å²) in [6.07, 6.45) is 8.91. The third kappa shape index (κ3) is 28.3. The van der Waals surface area contributed by atoms with Crippen LogP contribution in [0.15, 0.2) is 129 Å². The topological polar surface area (TPSA) is 152 Å². The van der Waals surface area contributed by atoms with Gasteiger partial charge in [-0.3, -0.25) is 0 Å². The van der Waals surface area contributed by atoms with Gasteiger partial charge in [-0.1, -0.05) is 182 Å². The number of benzene rings is 4. The normalized spacial score (nSPS) is 14.1. The highest BCUT2D eigenvalue weighted by atomic mass is 127. The molecule has 0 saturated heterocycles. The smallest absolute Gasteiger partial charge is 0.211 e. The highest BCUT2D eigenvalue weighted by molar-refractivity contribution is 8.00. The maximum Gasteiger partial charge on any atom is 0.357 e. The van der Waals surface area contributed by atoms with Crippen molar-refractivity contribution in [1.82, 2.24) is 8.61 Å². The molecule has 420 valence electrons. The van der Waals surface area contributed by atoms with Crippen LogP contribution in [0, 0.1) is 26.1 Å². The van der Waals surface area contributed by atoms with Crippen molar-refractivity contribution in [3.8, 4) is 0 Å². The van der Waals surface area contributed by atoms with Crippen LogP contribution in [-0.4, -0.2) is 71.6 Å². The summed E-state index contributed by atoms with van der Waals surface area (Å²) >= 11 is 0.0574. The van der Waals surface area contributed by atoms with Crippen LogP contribution in [0.3, 0.4) is 0 Å². The predicted molar refractivity (Wildman–Crippen MR) is 276 cm³/mol. The van der Waals surface area contributed by atoms with Crippen molar-refractivity contribution in [2.45, 2.75) is 130 Å². The lowest BCUT2D eigenvalue weighted by Gasteiger charge is -2.28. The fourth-order valence-corrected chi connectivity index (χ4v) is 16.1. The first-order valence-electron chi connectivity index (χ1n) is 24.4. The Hall–Kier alpha value is -2.44. The van der Waals surface area contributed by atoms with Crippen molar-refractivity contribution in [1.29, 1.82) is 0 Å². The Morgan fingerprint density at radius 3 is 0.946 bits per heavy atom. The van der Waals surface area contributed by atoms with Gasteiger partial charge in [0.1, 0.15) is 0 Å². The van der Waals surface area contributed by atoms with E-state index < -0.39 is 52.0 Å². The summed E-state index contributed by atoms with van der Waals surface area (Å²) in [6, 6.07) is 42.8. The number of rotatable bonds is 30. The van der Waals surface area contributed by atoms with Gasteiger partial charge in [-0.25, -0.2) is 8.42 Å². The number of alkyl halides is 4. The Labute approximate surface area is 459 Å². The highest BCUT2D eigenvalue weighted by Gasteiger charge is 2.34. The molecule has 0 bridgehead atoms. The van der Waals surface area contributed by atoms with E-state index >= 15 is 0 Å². The van der Waals surface area contributed by atoms with Gasteiger partial charge in [0.25, 0.3) is 20.0 Å². The fourth-order valence-electron chi connectivity index (χ4n) is 6.35. The van der Waals surface area contributed by atoms with Gasteiger partial charge in [-0.2, -0.15) is 43.0 Å². The van der Waals surface area contributed by atoms with Crippen molar-refractivity contribution >= 4 is 40.4 Å². The van der Waals surface area contributed by atoms with E-state index in [2.05, 4.69) is 138 Å². The van der Waals surface area contributed by atoms with Crippen LogP contribution in [0.5, 0.6) is 0 Å². The summed E-state index contributed by atoms with van der Waals surface area (Å²) in [6.45, 7) is 11.7. The monoisotopic (exact) mass is 1350 g/mol. The van der Waals surface area contributed by atoms with E-state index in [9.17, 15) is 51.9 Å². The van der Waals surface area contributed by atoms with Crippen LogP contribution in [-0.2, 0) is 49.2 Å². The molecule has 0 fully saturated rings. The van der Waals surface area contributed by atoms with Crippen molar-refractivity contribution in [2.75, 3.05) is 26.2 Å². The molecular weight excluding hydrogens is 1280 g/mol. The van der Waals surface area contributed by atoms with Crippen LogP contribution in [0.2, 0.25) is 0 Å². The van der Waals surface area contributed by atoms with Crippen molar-refractivity contribution in [3.63, 3.8) is 0 Å². The van der Waals surface area contributed by atoms with E-state index in [1.165, 1.54) is 14.3 Å². The molecular formula is C50H74F6I2N4O8S4+2. The number of unbranched alkanes of at least 4 members (excludes halogenated alkanes) is 4. The summed E-state index contributed by atoms with van der Waals surface area (Å²) in [5.41, 5.74) is 0. The summed E-state index contributed by atoms with van der Waals surface area (Å²) in [4.78, 5) is 0. The van der Waals surface area contributed by atoms with Gasteiger partial charge in [0.15, 0.2) is 14.3 Å². The van der Waals surface area contributed by atoms with Crippen molar-refractivity contribution in [2.24, 2.45) is 19.4 Å². The van der Waals surface area contributed by atoms with Crippen LogP contribution in [0.4, 0.5) is 26.6 Å². The highest BCUT2D eigenvalue weighted by Crippen LogP contribution is 2.24. The quantitative estimate of drug-likeness (QED) is 0.0380. The first kappa shape index (κ1) is 69.6. The number of nitrogens with zero attached hydrogens (tertiary/aromatic N) is 4. The SMILES string of the molecule is CCCCC(CC)CN(CC(CC)CCCC)S(=O)(=O)N=S(=O)(OF)C(F)F.CCCCN(CCCC)S(=O)(=O)N=S(=O)(OF)C(F)F.c1ccc([I+]c2ccccc2)cc1.c1ccc([I+]c2ccccc2)cc1. The third-order valence-corrected chi connectivity index (χ3v) is 22.3. The predicted octanol–water partition coefficient (Wildman–Crippen LogP) is 7.74. The van der Waals surface area contributed by atoms with Crippen LogP contribution < -0.4 is 42.4 Å². The van der Waals surface area contributed by atoms with E-state index in [0.717, 1.165) is 47.1 Å². The minimum absolute atomic E-state index is 0.00232. The first-order valence-corrected chi connectivity index (χ1v) is 34.6. The zero-order valence-corrected chi connectivity index (χ0v) is 50.5. The zero-order valence-electron chi connectivity index (χ0n) is 42.9. The number of hydrogen-bond acceptors (Lipinski definition) is 8.